The van der Waals surface area contributed by atoms with Crippen molar-refractivity contribution in [3.05, 3.63) is 36.0 Å². The van der Waals surface area contributed by atoms with E-state index in [2.05, 4.69) is 17.6 Å². The van der Waals surface area contributed by atoms with E-state index >= 15 is 0 Å². The molecule has 0 saturated carbocycles. The average Bonchev–Trinajstić information content (AvgIpc) is 2.18. The van der Waals surface area contributed by atoms with Gasteiger partial charge in [-0.15, -0.1) is 12.6 Å². The van der Waals surface area contributed by atoms with Crippen LogP contribution < -0.4 is 5.73 Å². The Morgan fingerprint density at radius 2 is 2.23 bits per heavy atom. The first-order chi connectivity index (χ1) is 6.31. The number of rotatable bonds is 1. The fourth-order valence-electron chi connectivity index (χ4n) is 1.30. The first-order valence-corrected chi connectivity index (χ1v) is 4.52. The molecule has 3 heteroatoms. The van der Waals surface area contributed by atoms with Crippen molar-refractivity contribution >= 4 is 23.5 Å². The highest BCUT2D eigenvalue weighted by molar-refractivity contribution is 7.80. The van der Waals surface area contributed by atoms with Crippen molar-refractivity contribution in [1.82, 2.24) is 4.98 Å². The van der Waals surface area contributed by atoms with Crippen molar-refractivity contribution < 1.29 is 0 Å². The molecule has 0 saturated heterocycles. The minimum absolute atomic E-state index is 0.528. The second kappa shape index (κ2) is 3.36. The van der Waals surface area contributed by atoms with Gasteiger partial charge in [0.2, 0.25) is 0 Å². The molecule has 66 valence electrons. The Balaban J connectivity index is 2.72. The van der Waals surface area contributed by atoms with Gasteiger partial charge >= 0.3 is 0 Å². The number of benzene rings is 1. The normalized spacial score (nSPS) is 10.6. The Kier molecular flexibility index (Phi) is 2.20. The van der Waals surface area contributed by atoms with Crippen LogP contribution in [0.15, 0.2) is 35.4 Å². The molecule has 2 rings (SSSR count). The van der Waals surface area contributed by atoms with E-state index < -0.39 is 0 Å². The van der Waals surface area contributed by atoms with E-state index in [0.29, 0.717) is 6.54 Å². The summed E-state index contributed by atoms with van der Waals surface area (Å²) in [5, 5.41) is 1.09. The Bertz CT molecular complexity index is 440. The Morgan fingerprint density at radius 3 is 3.00 bits per heavy atom. The minimum atomic E-state index is 0.528. The number of nitrogens with zero attached hydrogens (tertiary/aromatic N) is 1. The van der Waals surface area contributed by atoms with Gasteiger partial charge in [-0.05, 0) is 17.7 Å². The molecule has 0 aliphatic heterocycles. The summed E-state index contributed by atoms with van der Waals surface area (Å²) in [5.41, 5.74) is 7.50. The third-order valence-electron chi connectivity index (χ3n) is 1.98. The van der Waals surface area contributed by atoms with Gasteiger partial charge in [-0.1, -0.05) is 12.1 Å². The van der Waals surface area contributed by atoms with Crippen LogP contribution in [0.25, 0.3) is 10.9 Å². The van der Waals surface area contributed by atoms with Gasteiger partial charge in [0.05, 0.1) is 5.52 Å². The SMILES string of the molecule is NCc1cnc2c(S)cccc2c1. The van der Waals surface area contributed by atoms with Gasteiger partial charge in [0, 0.05) is 23.0 Å². The van der Waals surface area contributed by atoms with Crippen molar-refractivity contribution in [2.24, 2.45) is 5.73 Å². The van der Waals surface area contributed by atoms with E-state index in [-0.39, 0.29) is 0 Å². The zero-order chi connectivity index (χ0) is 9.26. The molecule has 0 bridgehead atoms. The fraction of sp³-hybridized carbons (Fsp3) is 0.100. The van der Waals surface area contributed by atoms with Gasteiger partial charge in [-0.25, -0.2) is 0 Å². The maximum absolute atomic E-state index is 5.52. The van der Waals surface area contributed by atoms with Gasteiger partial charge in [0.15, 0.2) is 0 Å². The molecule has 0 aliphatic carbocycles. The molecule has 1 aromatic carbocycles. The van der Waals surface area contributed by atoms with Gasteiger partial charge in [0.1, 0.15) is 0 Å². The molecule has 0 radical (unpaired) electrons. The van der Waals surface area contributed by atoms with Crippen LogP contribution in [0.4, 0.5) is 0 Å². The van der Waals surface area contributed by atoms with E-state index in [4.69, 9.17) is 5.73 Å². The van der Waals surface area contributed by atoms with Crippen molar-refractivity contribution in [1.29, 1.82) is 0 Å². The summed E-state index contributed by atoms with van der Waals surface area (Å²) in [5.74, 6) is 0. The molecular formula is C10H10N2S. The number of para-hydroxylation sites is 1. The number of nitrogens with two attached hydrogens (primary N) is 1. The van der Waals surface area contributed by atoms with Crippen LogP contribution in [-0.4, -0.2) is 4.98 Å². The maximum Gasteiger partial charge on any atom is 0.0835 e. The zero-order valence-corrected chi connectivity index (χ0v) is 7.96. The van der Waals surface area contributed by atoms with Crippen LogP contribution in [0.5, 0.6) is 0 Å². The van der Waals surface area contributed by atoms with Gasteiger partial charge < -0.3 is 5.73 Å². The third-order valence-corrected chi connectivity index (χ3v) is 2.34. The smallest absolute Gasteiger partial charge is 0.0835 e. The Hall–Kier alpha value is -1.06. The summed E-state index contributed by atoms with van der Waals surface area (Å²) >= 11 is 4.32. The summed E-state index contributed by atoms with van der Waals surface area (Å²) < 4.78 is 0. The lowest BCUT2D eigenvalue weighted by Gasteiger charge is -2.01. The third kappa shape index (κ3) is 1.53. The molecule has 0 spiro atoms. The summed E-state index contributed by atoms with van der Waals surface area (Å²) in [6.45, 7) is 0.528. The van der Waals surface area contributed by atoms with Crippen LogP contribution in [0.1, 0.15) is 5.56 Å². The lowest BCUT2D eigenvalue weighted by molar-refractivity contribution is 1.06. The number of thiol groups is 1. The lowest BCUT2D eigenvalue weighted by Crippen LogP contribution is -1.96. The molecule has 1 aromatic heterocycles. The second-order valence-corrected chi connectivity index (χ2v) is 3.38. The topological polar surface area (TPSA) is 38.9 Å². The zero-order valence-electron chi connectivity index (χ0n) is 7.07. The van der Waals surface area contributed by atoms with E-state index in [9.17, 15) is 0 Å². The molecule has 0 amide bonds. The maximum atomic E-state index is 5.52. The fourth-order valence-corrected chi connectivity index (χ4v) is 1.57. The largest absolute Gasteiger partial charge is 0.326 e. The molecule has 2 nitrogen and oxygen atoms in total. The summed E-state index contributed by atoms with van der Waals surface area (Å²) in [6, 6.07) is 7.95. The van der Waals surface area contributed by atoms with E-state index in [1.807, 2.05) is 24.3 Å². The van der Waals surface area contributed by atoms with Crippen molar-refractivity contribution in [3.8, 4) is 0 Å². The number of hydrogen-bond acceptors (Lipinski definition) is 3. The number of fused-ring (bicyclic) bond motifs is 1. The quantitative estimate of drug-likeness (QED) is 0.675. The predicted molar refractivity (Wildman–Crippen MR) is 56.9 cm³/mol. The second-order valence-electron chi connectivity index (χ2n) is 2.90. The predicted octanol–water partition coefficient (Wildman–Crippen LogP) is 1.98. The van der Waals surface area contributed by atoms with E-state index in [0.717, 1.165) is 21.4 Å². The van der Waals surface area contributed by atoms with Crippen LogP contribution >= 0.6 is 12.6 Å². The Morgan fingerprint density at radius 1 is 1.38 bits per heavy atom. The highest BCUT2D eigenvalue weighted by atomic mass is 32.1. The van der Waals surface area contributed by atoms with Gasteiger partial charge in [-0.3, -0.25) is 4.98 Å². The summed E-state index contributed by atoms with van der Waals surface area (Å²) in [4.78, 5) is 5.20. The van der Waals surface area contributed by atoms with Crippen molar-refractivity contribution in [2.75, 3.05) is 0 Å². The number of pyridine rings is 1. The van der Waals surface area contributed by atoms with E-state index in [1.54, 1.807) is 6.20 Å². The lowest BCUT2D eigenvalue weighted by atomic mass is 10.1. The summed E-state index contributed by atoms with van der Waals surface area (Å²) in [7, 11) is 0. The molecule has 1 heterocycles. The highest BCUT2D eigenvalue weighted by Crippen LogP contribution is 2.19. The van der Waals surface area contributed by atoms with Gasteiger partial charge in [-0.2, -0.15) is 0 Å². The molecular weight excluding hydrogens is 180 g/mol. The first-order valence-electron chi connectivity index (χ1n) is 4.08. The molecule has 13 heavy (non-hydrogen) atoms. The monoisotopic (exact) mass is 190 g/mol. The van der Waals surface area contributed by atoms with Crippen LogP contribution in [0.2, 0.25) is 0 Å². The highest BCUT2D eigenvalue weighted by Gasteiger charge is 1.98. The molecule has 0 atom stereocenters. The summed E-state index contributed by atoms with van der Waals surface area (Å²) in [6.07, 6.45) is 1.79. The van der Waals surface area contributed by atoms with Crippen molar-refractivity contribution in [3.63, 3.8) is 0 Å². The molecule has 0 fully saturated rings. The Labute approximate surface area is 82.2 Å². The minimum Gasteiger partial charge on any atom is -0.326 e. The molecule has 0 unspecified atom stereocenters. The number of hydrogen-bond donors (Lipinski definition) is 2. The first kappa shape index (κ1) is 8.53. The van der Waals surface area contributed by atoms with Crippen molar-refractivity contribution in [2.45, 2.75) is 11.4 Å². The van der Waals surface area contributed by atoms with Crippen LogP contribution in [0, 0.1) is 0 Å². The van der Waals surface area contributed by atoms with Crippen LogP contribution in [0.3, 0.4) is 0 Å². The molecule has 0 aliphatic rings. The standard InChI is InChI=1S/C10H10N2S/c11-5-7-4-8-2-1-3-9(13)10(8)12-6-7/h1-4,6,13H,5,11H2. The van der Waals surface area contributed by atoms with Gasteiger partial charge in [0.25, 0.3) is 0 Å². The molecule has 2 aromatic rings. The average molecular weight is 190 g/mol. The molecule has 2 N–H and O–H groups in total. The van der Waals surface area contributed by atoms with Crippen LogP contribution in [-0.2, 0) is 6.54 Å². The number of aromatic nitrogens is 1. The van der Waals surface area contributed by atoms with E-state index in [1.165, 1.54) is 0 Å².